The number of rotatable bonds is 0. The Morgan fingerprint density at radius 1 is 0.975 bits per heavy atom. The van der Waals surface area contributed by atoms with E-state index in [0.29, 0.717) is 30.8 Å². The third-order valence-electron chi connectivity index (χ3n) is 8.87. The molecule has 1 saturated heterocycles. The monoisotopic (exact) mass is 588 g/mol. The van der Waals surface area contributed by atoms with E-state index in [-0.39, 0.29) is 30.1 Å². The van der Waals surface area contributed by atoms with Crippen molar-refractivity contribution >= 4 is 33.2 Å². The van der Waals surface area contributed by atoms with E-state index in [1.165, 1.54) is 5.56 Å². The fraction of sp³-hybridized carbons (Fsp3) is 0.567. The molecule has 2 aromatic carbocycles. The zero-order valence-corrected chi connectivity index (χ0v) is 24.2. The molecular weight excluding hydrogens is 552 g/mol. The van der Waals surface area contributed by atoms with Crippen molar-refractivity contribution in [3.8, 4) is 5.75 Å². The smallest absolute Gasteiger partial charge is 0.264 e. The Labute approximate surface area is 241 Å². The standard InChI is InChI=1S/C30H37ClN2O6S/c31-24-7-4-23-19-39-28-9-6-21-16-27(28)33(11-2-1-3-20(23)15-24)18-22-5-8-26(22)29-17-25(10-12-38-29)37-13-14-40(35,36)32-30(21)34/h4,6-7,9,15-16,22,25-26,29H,1-3,5,8,10-14,17-19H2,(H,32,34)/t22-,25-,26+,29-/m0/s1. The average Bonchev–Trinajstić information content (AvgIpc) is 2.93. The summed E-state index contributed by atoms with van der Waals surface area (Å²) in [6, 6.07) is 11.1. The van der Waals surface area contributed by atoms with Crippen LogP contribution in [0.1, 0.15) is 60.0 Å². The molecule has 216 valence electrons. The van der Waals surface area contributed by atoms with Gasteiger partial charge in [-0.1, -0.05) is 17.7 Å². The topological polar surface area (TPSA) is 94.2 Å². The molecule has 3 heterocycles. The quantitative estimate of drug-likeness (QED) is 0.476. The Morgan fingerprint density at radius 3 is 2.73 bits per heavy atom. The number of benzene rings is 2. The molecule has 1 aliphatic carbocycles. The highest BCUT2D eigenvalue weighted by Crippen LogP contribution is 2.43. The van der Waals surface area contributed by atoms with Gasteiger partial charge in [0.15, 0.2) is 0 Å². The molecule has 8 nitrogen and oxygen atoms in total. The summed E-state index contributed by atoms with van der Waals surface area (Å²) in [4.78, 5) is 15.5. The third-order valence-corrected chi connectivity index (χ3v) is 10.3. The van der Waals surface area contributed by atoms with Crippen molar-refractivity contribution in [3.05, 3.63) is 58.1 Å². The van der Waals surface area contributed by atoms with Crippen molar-refractivity contribution in [3.63, 3.8) is 0 Å². The van der Waals surface area contributed by atoms with Crippen LogP contribution >= 0.6 is 11.6 Å². The summed E-state index contributed by atoms with van der Waals surface area (Å²) >= 11 is 6.31. The predicted octanol–water partition coefficient (Wildman–Crippen LogP) is 4.73. The highest BCUT2D eigenvalue weighted by atomic mass is 35.5. The summed E-state index contributed by atoms with van der Waals surface area (Å²) in [5, 5.41) is 0.721. The van der Waals surface area contributed by atoms with Crippen LogP contribution in [0.25, 0.3) is 0 Å². The van der Waals surface area contributed by atoms with Crippen molar-refractivity contribution in [2.45, 2.75) is 63.8 Å². The first-order chi connectivity index (χ1) is 19.3. The van der Waals surface area contributed by atoms with E-state index in [4.69, 9.17) is 25.8 Å². The van der Waals surface area contributed by atoms with E-state index < -0.39 is 15.9 Å². The number of halogens is 1. The van der Waals surface area contributed by atoms with Crippen LogP contribution in [0, 0.1) is 11.8 Å². The number of hydrogen-bond donors (Lipinski definition) is 1. The molecule has 2 aromatic rings. The van der Waals surface area contributed by atoms with Crippen LogP contribution in [0.15, 0.2) is 36.4 Å². The van der Waals surface area contributed by atoms with E-state index in [9.17, 15) is 13.2 Å². The molecule has 4 atom stereocenters. The fourth-order valence-corrected chi connectivity index (χ4v) is 7.51. The van der Waals surface area contributed by atoms with Crippen LogP contribution in [-0.4, -0.2) is 58.6 Å². The lowest BCUT2D eigenvalue weighted by Gasteiger charge is -2.46. The molecule has 6 rings (SSSR count). The Kier molecular flexibility index (Phi) is 8.26. The number of carbonyl (C=O) groups excluding carboxylic acids is 1. The molecule has 4 bridgehead atoms. The summed E-state index contributed by atoms with van der Waals surface area (Å²) in [7, 11) is -3.85. The second-order valence-electron chi connectivity index (χ2n) is 11.5. The first-order valence-electron chi connectivity index (χ1n) is 14.4. The number of anilines is 1. The molecule has 40 heavy (non-hydrogen) atoms. The lowest BCUT2D eigenvalue weighted by Crippen LogP contribution is -2.47. The normalized spacial score (nSPS) is 28.9. The van der Waals surface area contributed by atoms with Gasteiger partial charge in [0, 0.05) is 36.7 Å². The lowest BCUT2D eigenvalue weighted by molar-refractivity contribution is -0.115. The van der Waals surface area contributed by atoms with Gasteiger partial charge in [0.25, 0.3) is 5.91 Å². The van der Waals surface area contributed by atoms with Gasteiger partial charge in [-0.2, -0.15) is 0 Å². The maximum Gasteiger partial charge on any atom is 0.264 e. The van der Waals surface area contributed by atoms with Gasteiger partial charge in [0.05, 0.1) is 30.3 Å². The number of sulfonamides is 1. The van der Waals surface area contributed by atoms with Gasteiger partial charge in [-0.15, -0.1) is 0 Å². The molecule has 1 amide bonds. The maximum absolute atomic E-state index is 13.1. The Hall–Kier alpha value is -2.33. The van der Waals surface area contributed by atoms with Gasteiger partial charge < -0.3 is 19.1 Å². The SMILES string of the molecule is O=C1NS(=O)(=O)CCO[C@H]2CCO[C@@H](C2)[C@@H]2CC[C@H]2CN2CCCCc3cc(Cl)ccc3COc3ccc1cc32. The van der Waals surface area contributed by atoms with E-state index in [1.807, 2.05) is 18.2 Å². The van der Waals surface area contributed by atoms with Crippen molar-refractivity contribution in [2.24, 2.45) is 11.8 Å². The van der Waals surface area contributed by atoms with E-state index in [0.717, 1.165) is 74.3 Å². The zero-order valence-electron chi connectivity index (χ0n) is 22.6. The molecule has 0 spiro atoms. The molecule has 1 saturated carbocycles. The highest BCUT2D eigenvalue weighted by Gasteiger charge is 2.41. The number of nitrogens with one attached hydrogen (secondary N) is 1. The molecule has 4 aliphatic rings. The summed E-state index contributed by atoms with van der Waals surface area (Å²) in [5.74, 6) is 0.668. The zero-order chi connectivity index (χ0) is 27.7. The first-order valence-corrected chi connectivity index (χ1v) is 16.4. The molecule has 0 unspecified atom stereocenters. The molecule has 2 fully saturated rings. The molecular formula is C30H37ClN2O6S. The number of carbonyl (C=O) groups is 1. The van der Waals surface area contributed by atoms with Gasteiger partial charge in [-0.3, -0.25) is 4.79 Å². The Morgan fingerprint density at radius 2 is 1.88 bits per heavy atom. The average molecular weight is 589 g/mol. The van der Waals surface area contributed by atoms with Crippen molar-refractivity contribution < 1.29 is 27.4 Å². The van der Waals surface area contributed by atoms with Crippen LogP contribution in [0.4, 0.5) is 5.69 Å². The minimum absolute atomic E-state index is 0.0283. The Bertz CT molecular complexity index is 1350. The number of amides is 1. The molecule has 0 radical (unpaired) electrons. The van der Waals surface area contributed by atoms with Crippen molar-refractivity contribution in [2.75, 3.05) is 37.0 Å². The van der Waals surface area contributed by atoms with Crippen LogP contribution in [0.2, 0.25) is 5.02 Å². The predicted molar refractivity (Wildman–Crippen MR) is 154 cm³/mol. The maximum atomic E-state index is 13.1. The molecule has 1 N–H and O–H groups in total. The van der Waals surface area contributed by atoms with Crippen LogP contribution < -0.4 is 14.4 Å². The fourth-order valence-electron chi connectivity index (χ4n) is 6.49. The van der Waals surface area contributed by atoms with Gasteiger partial charge >= 0.3 is 0 Å². The minimum atomic E-state index is -3.85. The number of hydrogen-bond acceptors (Lipinski definition) is 7. The van der Waals surface area contributed by atoms with Gasteiger partial charge in [0.1, 0.15) is 12.4 Å². The second-order valence-corrected chi connectivity index (χ2v) is 13.7. The van der Waals surface area contributed by atoms with Crippen LogP contribution in [0.5, 0.6) is 5.75 Å². The summed E-state index contributed by atoms with van der Waals surface area (Å²) < 4.78 is 46.3. The van der Waals surface area contributed by atoms with Crippen LogP contribution in [-0.2, 0) is 32.5 Å². The molecule has 3 aliphatic heterocycles. The Balaban J connectivity index is 1.35. The highest BCUT2D eigenvalue weighted by molar-refractivity contribution is 7.90. The largest absolute Gasteiger partial charge is 0.487 e. The van der Waals surface area contributed by atoms with Gasteiger partial charge in [0.2, 0.25) is 10.0 Å². The summed E-state index contributed by atoms with van der Waals surface area (Å²) in [6.07, 6.45) is 6.74. The lowest BCUT2D eigenvalue weighted by atomic mass is 9.68. The van der Waals surface area contributed by atoms with Gasteiger partial charge in [-0.05, 0) is 91.8 Å². The third kappa shape index (κ3) is 6.27. The molecule has 10 heteroatoms. The minimum Gasteiger partial charge on any atom is -0.487 e. The number of nitrogens with zero attached hydrogens (tertiary/aromatic N) is 1. The van der Waals surface area contributed by atoms with E-state index >= 15 is 0 Å². The van der Waals surface area contributed by atoms with Gasteiger partial charge in [-0.25, -0.2) is 13.1 Å². The molecule has 0 aromatic heterocycles. The summed E-state index contributed by atoms with van der Waals surface area (Å²) in [6.45, 7) is 2.68. The van der Waals surface area contributed by atoms with E-state index in [1.54, 1.807) is 18.2 Å². The first kappa shape index (κ1) is 27.8. The van der Waals surface area contributed by atoms with E-state index in [2.05, 4.69) is 9.62 Å². The van der Waals surface area contributed by atoms with Crippen molar-refractivity contribution in [1.29, 1.82) is 0 Å². The number of ether oxygens (including phenoxy) is 3. The van der Waals surface area contributed by atoms with Crippen LogP contribution in [0.3, 0.4) is 0 Å². The number of fused-ring (bicyclic) bond motifs is 6. The number of aryl methyl sites for hydroxylation is 1. The second kappa shape index (κ2) is 11.9. The van der Waals surface area contributed by atoms with Crippen molar-refractivity contribution in [1.82, 2.24) is 4.72 Å². The summed E-state index contributed by atoms with van der Waals surface area (Å²) in [5.41, 5.74) is 3.40.